The molecule has 1 aromatic heterocycles. The fourth-order valence-electron chi connectivity index (χ4n) is 2.26. The number of rotatable bonds is 3. The van der Waals surface area contributed by atoms with Crippen molar-refractivity contribution >= 4 is 67.3 Å². The summed E-state index contributed by atoms with van der Waals surface area (Å²) >= 11 is 17.0. The second-order valence-corrected chi connectivity index (χ2v) is 7.30. The summed E-state index contributed by atoms with van der Waals surface area (Å²) in [6.45, 7) is 0. The van der Waals surface area contributed by atoms with E-state index in [0.717, 1.165) is 11.3 Å². The van der Waals surface area contributed by atoms with Crippen LogP contribution in [-0.2, 0) is 11.2 Å². The van der Waals surface area contributed by atoms with Gasteiger partial charge in [-0.3, -0.25) is 4.79 Å². The number of aliphatic carboxylic acids is 1. The van der Waals surface area contributed by atoms with Crippen LogP contribution in [0, 0.1) is 0 Å². The Hall–Kier alpha value is -0.820. The van der Waals surface area contributed by atoms with Crippen LogP contribution in [0.3, 0.4) is 0 Å². The summed E-state index contributed by atoms with van der Waals surface area (Å²) in [5, 5.41) is 13.7. The highest BCUT2D eigenvalue weighted by molar-refractivity contribution is 9.10. The molecule has 0 aliphatic heterocycles. The molecule has 0 saturated heterocycles. The largest absolute Gasteiger partial charge is 0.481 e. The molecule has 1 atom stereocenters. The van der Waals surface area contributed by atoms with Gasteiger partial charge in [-0.15, -0.1) is 11.3 Å². The highest BCUT2D eigenvalue weighted by atomic mass is 79.9. The van der Waals surface area contributed by atoms with E-state index in [4.69, 9.17) is 23.2 Å². The molecule has 21 heavy (non-hydrogen) atoms. The highest BCUT2D eigenvalue weighted by Crippen LogP contribution is 2.41. The van der Waals surface area contributed by atoms with Crippen LogP contribution in [0.25, 0.3) is 0 Å². The van der Waals surface area contributed by atoms with Crippen molar-refractivity contribution in [3.8, 4) is 0 Å². The monoisotopic (exact) mass is 406 g/mol. The lowest BCUT2D eigenvalue weighted by Crippen LogP contribution is -2.08. The molecular formula is C13H9BrCl2N2O2S. The molecule has 0 bridgehead atoms. The number of aryl methyl sites for hydroxylation is 1. The maximum absolute atomic E-state index is 11.2. The standard InChI is InChI=1S/C13H9BrCl2N2O2S/c14-6-2-3-7(10(16)9(6)15)17-13-18-11-5(12(19)20)1-4-8(11)21-13/h2-3,5H,1,4H2,(H,17,18)(H,19,20). The van der Waals surface area contributed by atoms with E-state index in [1.807, 2.05) is 0 Å². The molecule has 1 aromatic carbocycles. The number of anilines is 2. The Bertz CT molecular complexity index is 735. The number of halogens is 3. The number of carboxylic acid groups (broad SMARTS) is 1. The molecule has 8 heteroatoms. The summed E-state index contributed by atoms with van der Waals surface area (Å²) in [6, 6.07) is 3.58. The van der Waals surface area contributed by atoms with Crippen LogP contribution in [0.2, 0.25) is 10.0 Å². The molecule has 1 aliphatic rings. The Morgan fingerprint density at radius 2 is 2.19 bits per heavy atom. The normalized spacial score (nSPS) is 16.8. The van der Waals surface area contributed by atoms with Gasteiger partial charge in [-0.25, -0.2) is 4.98 Å². The second-order valence-electron chi connectivity index (χ2n) is 4.60. The zero-order chi connectivity index (χ0) is 15.1. The Balaban J connectivity index is 1.89. The summed E-state index contributed by atoms with van der Waals surface area (Å²) in [6.07, 6.45) is 1.37. The van der Waals surface area contributed by atoms with Gasteiger partial charge in [0, 0.05) is 9.35 Å². The topological polar surface area (TPSA) is 62.2 Å². The van der Waals surface area contributed by atoms with Gasteiger partial charge in [0.05, 0.1) is 21.4 Å². The summed E-state index contributed by atoms with van der Waals surface area (Å²) in [5.41, 5.74) is 1.30. The first-order valence-corrected chi connectivity index (χ1v) is 8.47. The Morgan fingerprint density at radius 3 is 2.90 bits per heavy atom. The van der Waals surface area contributed by atoms with Crippen LogP contribution in [-0.4, -0.2) is 16.1 Å². The molecule has 1 aliphatic carbocycles. The van der Waals surface area contributed by atoms with Crippen LogP contribution in [0.15, 0.2) is 16.6 Å². The van der Waals surface area contributed by atoms with E-state index >= 15 is 0 Å². The lowest BCUT2D eigenvalue weighted by molar-refractivity contribution is -0.138. The van der Waals surface area contributed by atoms with Gasteiger partial charge in [-0.05, 0) is 40.9 Å². The van der Waals surface area contributed by atoms with Crippen molar-refractivity contribution < 1.29 is 9.90 Å². The SMILES string of the molecule is O=C(O)C1CCc2sc(Nc3ccc(Br)c(Cl)c3Cl)nc21. The number of thiazole rings is 1. The van der Waals surface area contributed by atoms with Crippen LogP contribution < -0.4 is 5.32 Å². The van der Waals surface area contributed by atoms with Crippen molar-refractivity contribution in [2.24, 2.45) is 0 Å². The molecule has 1 unspecified atom stereocenters. The molecule has 2 N–H and O–H groups in total. The summed E-state index contributed by atoms with van der Waals surface area (Å²) < 4.78 is 0.715. The molecular weight excluding hydrogens is 399 g/mol. The Morgan fingerprint density at radius 1 is 1.43 bits per heavy atom. The van der Waals surface area contributed by atoms with E-state index in [9.17, 15) is 9.90 Å². The van der Waals surface area contributed by atoms with Gasteiger partial charge in [0.1, 0.15) is 5.92 Å². The molecule has 0 saturated carbocycles. The number of nitrogens with one attached hydrogen (secondary N) is 1. The lowest BCUT2D eigenvalue weighted by atomic mass is 10.1. The van der Waals surface area contributed by atoms with Crippen molar-refractivity contribution in [3.63, 3.8) is 0 Å². The number of fused-ring (bicyclic) bond motifs is 1. The minimum Gasteiger partial charge on any atom is -0.481 e. The van der Waals surface area contributed by atoms with Crippen molar-refractivity contribution in [3.05, 3.63) is 37.2 Å². The van der Waals surface area contributed by atoms with Gasteiger partial charge in [0.25, 0.3) is 0 Å². The molecule has 1 heterocycles. The predicted molar refractivity (Wildman–Crippen MR) is 88.3 cm³/mol. The zero-order valence-corrected chi connectivity index (χ0v) is 14.4. The van der Waals surface area contributed by atoms with Gasteiger partial charge in [0.15, 0.2) is 5.13 Å². The third-order valence-electron chi connectivity index (χ3n) is 3.29. The van der Waals surface area contributed by atoms with Crippen LogP contribution >= 0.6 is 50.5 Å². The molecule has 3 rings (SSSR count). The van der Waals surface area contributed by atoms with E-state index in [1.54, 1.807) is 12.1 Å². The fraction of sp³-hybridized carbons (Fsp3) is 0.231. The zero-order valence-electron chi connectivity index (χ0n) is 10.5. The molecule has 4 nitrogen and oxygen atoms in total. The molecule has 0 fully saturated rings. The van der Waals surface area contributed by atoms with Gasteiger partial charge in [0.2, 0.25) is 0 Å². The van der Waals surface area contributed by atoms with Crippen LogP contribution in [0.5, 0.6) is 0 Å². The summed E-state index contributed by atoms with van der Waals surface area (Å²) in [7, 11) is 0. The third kappa shape index (κ3) is 2.77. The first kappa shape index (κ1) is 15.1. The maximum Gasteiger partial charge on any atom is 0.312 e. The molecule has 0 radical (unpaired) electrons. The molecule has 0 spiro atoms. The van der Waals surface area contributed by atoms with Gasteiger partial charge < -0.3 is 10.4 Å². The van der Waals surface area contributed by atoms with Gasteiger partial charge >= 0.3 is 5.97 Å². The van der Waals surface area contributed by atoms with E-state index < -0.39 is 11.9 Å². The Kier molecular flexibility index (Phi) is 4.14. The number of benzene rings is 1. The Labute approximate surface area is 143 Å². The quantitative estimate of drug-likeness (QED) is 0.697. The van der Waals surface area contributed by atoms with E-state index in [-0.39, 0.29) is 0 Å². The number of carbonyl (C=O) groups is 1. The van der Waals surface area contributed by atoms with E-state index in [2.05, 4.69) is 26.2 Å². The average molecular weight is 408 g/mol. The molecule has 0 amide bonds. The lowest BCUT2D eigenvalue weighted by Gasteiger charge is -2.08. The maximum atomic E-state index is 11.2. The van der Waals surface area contributed by atoms with Crippen LogP contribution in [0.4, 0.5) is 10.8 Å². The highest BCUT2D eigenvalue weighted by Gasteiger charge is 2.32. The van der Waals surface area contributed by atoms with Crippen molar-refractivity contribution in [1.29, 1.82) is 0 Å². The third-order valence-corrected chi connectivity index (χ3v) is 6.11. The second kappa shape index (κ2) is 5.76. The molecule has 2 aromatic rings. The average Bonchev–Trinajstić information content (AvgIpc) is 2.98. The molecule has 110 valence electrons. The smallest absolute Gasteiger partial charge is 0.312 e. The first-order chi connectivity index (χ1) is 9.97. The first-order valence-electron chi connectivity index (χ1n) is 6.10. The fourth-order valence-corrected chi connectivity index (χ4v) is 4.13. The van der Waals surface area contributed by atoms with Crippen LogP contribution in [0.1, 0.15) is 22.9 Å². The van der Waals surface area contributed by atoms with Crippen molar-refractivity contribution in [1.82, 2.24) is 4.98 Å². The number of hydrogen-bond donors (Lipinski definition) is 2. The van der Waals surface area contributed by atoms with E-state index in [0.29, 0.717) is 37.5 Å². The van der Waals surface area contributed by atoms with Crippen molar-refractivity contribution in [2.45, 2.75) is 18.8 Å². The number of hydrogen-bond acceptors (Lipinski definition) is 4. The number of aromatic nitrogens is 1. The number of carboxylic acids is 1. The van der Waals surface area contributed by atoms with E-state index in [1.165, 1.54) is 11.3 Å². The minimum absolute atomic E-state index is 0.399. The van der Waals surface area contributed by atoms with Crippen molar-refractivity contribution in [2.75, 3.05) is 5.32 Å². The minimum atomic E-state index is -0.824. The summed E-state index contributed by atoms with van der Waals surface area (Å²) in [4.78, 5) is 16.6. The number of nitrogens with zero attached hydrogens (tertiary/aromatic N) is 1. The summed E-state index contributed by atoms with van der Waals surface area (Å²) in [5.74, 6) is -1.33. The van der Waals surface area contributed by atoms with Gasteiger partial charge in [-0.1, -0.05) is 23.2 Å². The van der Waals surface area contributed by atoms with Gasteiger partial charge in [-0.2, -0.15) is 0 Å². The predicted octanol–water partition coefficient (Wildman–Crippen LogP) is 5.07.